The Hall–Kier alpha value is -3.65. The van der Waals surface area contributed by atoms with Gasteiger partial charge in [-0.15, -0.1) is 10.2 Å². The van der Waals surface area contributed by atoms with E-state index in [2.05, 4.69) is 25.4 Å². The third kappa shape index (κ3) is 7.24. The Kier molecular flexibility index (Phi) is 10.6. The third-order valence-electron chi connectivity index (χ3n) is 4.18. The Morgan fingerprint density at radius 2 is 0.969 bits per heavy atom. The van der Waals surface area contributed by atoms with E-state index >= 15 is 0 Å². The number of aromatic nitrogens is 1. The van der Waals surface area contributed by atoms with Gasteiger partial charge in [0.15, 0.2) is 0 Å². The van der Waals surface area contributed by atoms with Crippen LogP contribution in [0.5, 0.6) is 0 Å². The van der Waals surface area contributed by atoms with Crippen molar-refractivity contribution < 1.29 is 32.8 Å². The first-order valence-electron chi connectivity index (χ1n) is 9.31. The molecular weight excluding hydrogens is 458 g/mol. The molecule has 0 bridgehead atoms. The average Bonchev–Trinajstić information content (AvgIpc) is 2.81. The van der Waals surface area contributed by atoms with Crippen LogP contribution in [-0.2, 0) is 17.1 Å². The molecule has 0 atom stereocenters. The summed E-state index contributed by atoms with van der Waals surface area (Å²) < 4.78 is 0. The topological polar surface area (TPSA) is 138 Å². The van der Waals surface area contributed by atoms with Gasteiger partial charge in [-0.25, -0.2) is 4.98 Å². The van der Waals surface area contributed by atoms with E-state index in [1.165, 1.54) is 0 Å². The van der Waals surface area contributed by atoms with E-state index in [0.29, 0.717) is 33.9 Å². The second-order valence-electron chi connectivity index (χ2n) is 6.41. The summed E-state index contributed by atoms with van der Waals surface area (Å²) in [7, 11) is 0. The summed E-state index contributed by atoms with van der Waals surface area (Å²) in [6.07, 6.45) is 0. The first-order chi connectivity index (χ1) is 14.5. The molecular formula is C23H24CuN5O3+3. The molecule has 3 aromatic rings. The standard InChI is InChI=1S/C23H21N5O2.Cu.H2O/c1-16(25-27-22(29)18-10-5-3-6-11-18)20-14-9-15-21(24-20)17(2)26-28-23(30)19-12-7-4-8-13-19;;/h3-15H,1-2H3,(H,27,29)(H,28,30);;1H2/q;+2;/p+1. The number of benzene rings is 2. The Labute approximate surface area is 196 Å². The van der Waals surface area contributed by atoms with E-state index in [-0.39, 0.29) is 34.3 Å². The van der Waals surface area contributed by atoms with Gasteiger partial charge < -0.3 is 15.7 Å². The van der Waals surface area contributed by atoms with Gasteiger partial charge in [0.2, 0.25) is 0 Å². The maximum Gasteiger partial charge on any atom is 2.00 e. The average molecular weight is 482 g/mol. The fourth-order valence-corrected chi connectivity index (χ4v) is 2.50. The predicted molar refractivity (Wildman–Crippen MR) is 124 cm³/mol. The van der Waals surface area contributed by atoms with Crippen LogP contribution in [-0.4, -0.2) is 43.9 Å². The van der Waals surface area contributed by atoms with Crippen LogP contribution >= 0.6 is 0 Å². The molecule has 0 unspecified atom stereocenters. The van der Waals surface area contributed by atoms with Gasteiger partial charge in [-0.05, 0) is 50.2 Å². The Balaban J connectivity index is 0.00000256. The second kappa shape index (κ2) is 12.9. The van der Waals surface area contributed by atoms with Crippen LogP contribution in [0, 0.1) is 0 Å². The van der Waals surface area contributed by atoms with E-state index in [1.807, 2.05) is 78.9 Å². The molecule has 8 nitrogen and oxygen atoms in total. The van der Waals surface area contributed by atoms with Crippen molar-refractivity contribution >= 4 is 23.2 Å². The van der Waals surface area contributed by atoms with Crippen LogP contribution in [0.15, 0.2) is 99.3 Å². The van der Waals surface area contributed by atoms with Crippen molar-refractivity contribution in [1.82, 2.24) is 4.98 Å². The molecule has 167 valence electrons. The van der Waals surface area contributed by atoms with Gasteiger partial charge in [0.25, 0.3) is 0 Å². The fourth-order valence-electron chi connectivity index (χ4n) is 2.50. The summed E-state index contributed by atoms with van der Waals surface area (Å²) in [5.74, 6) is 0.171. The van der Waals surface area contributed by atoms with Crippen LogP contribution in [0.25, 0.3) is 0 Å². The number of hydrogen-bond donors (Lipinski definition) is 0. The zero-order chi connectivity index (χ0) is 21.3. The predicted octanol–water partition coefficient (Wildman–Crippen LogP) is 2.69. The molecule has 2 aromatic carbocycles. The first-order valence-corrected chi connectivity index (χ1v) is 9.31. The van der Waals surface area contributed by atoms with Gasteiger partial charge in [-0.3, -0.25) is 0 Å². The molecule has 32 heavy (non-hydrogen) atoms. The summed E-state index contributed by atoms with van der Waals surface area (Å²) in [5, 5.41) is 32.3. The minimum Gasteiger partial charge on any atom is -0.870 e. The smallest absolute Gasteiger partial charge is 0.870 e. The second-order valence-corrected chi connectivity index (χ2v) is 6.41. The van der Waals surface area contributed by atoms with Crippen molar-refractivity contribution in [1.29, 1.82) is 0 Å². The van der Waals surface area contributed by atoms with Crippen LogP contribution in [0.3, 0.4) is 0 Å². The van der Waals surface area contributed by atoms with Gasteiger partial charge in [-0.2, -0.15) is 0 Å². The van der Waals surface area contributed by atoms with E-state index < -0.39 is 0 Å². The van der Waals surface area contributed by atoms with E-state index in [4.69, 9.17) is 10.2 Å². The SMILES string of the molecule is CC(=NN=C([OH2+])c1ccccc1)c1cccc(C(C)=NN=C([OH2+])c2ccccc2)n1.[Cu+2].[OH-]. The molecule has 1 radical (unpaired) electrons. The molecule has 0 amide bonds. The largest absolute Gasteiger partial charge is 2.00 e. The Bertz CT molecular complexity index is 1040. The van der Waals surface area contributed by atoms with Crippen LogP contribution in [0.4, 0.5) is 0 Å². The molecule has 3 rings (SSSR count). The number of pyridine rings is 1. The van der Waals surface area contributed by atoms with Crippen molar-refractivity contribution in [2.75, 3.05) is 0 Å². The molecule has 5 N–H and O–H groups in total. The summed E-state index contributed by atoms with van der Waals surface area (Å²) >= 11 is 0. The van der Waals surface area contributed by atoms with Gasteiger partial charge in [0, 0.05) is 0 Å². The molecule has 0 fully saturated rings. The van der Waals surface area contributed by atoms with E-state index in [1.54, 1.807) is 13.8 Å². The molecule has 9 heteroatoms. The van der Waals surface area contributed by atoms with Crippen molar-refractivity contribution in [3.63, 3.8) is 0 Å². The molecule has 0 spiro atoms. The number of rotatable bonds is 6. The normalized spacial score (nSPS) is 12.6. The van der Waals surface area contributed by atoms with Gasteiger partial charge in [0.1, 0.15) is 0 Å². The molecule has 0 aliphatic heterocycles. The Morgan fingerprint density at radius 1 is 0.594 bits per heavy atom. The maximum atomic E-state index is 8.02. The quantitative estimate of drug-likeness (QED) is 0.176. The summed E-state index contributed by atoms with van der Waals surface area (Å²) in [4.78, 5) is 4.55. The summed E-state index contributed by atoms with van der Waals surface area (Å²) in [6.45, 7) is 3.58. The molecule has 1 heterocycles. The number of nitrogens with zero attached hydrogens (tertiary/aromatic N) is 5. The zero-order valence-corrected chi connectivity index (χ0v) is 18.4. The molecule has 0 aliphatic carbocycles. The van der Waals surface area contributed by atoms with Crippen molar-refractivity contribution in [3.05, 3.63) is 101 Å². The van der Waals surface area contributed by atoms with Gasteiger partial charge in [0.05, 0.1) is 33.9 Å². The summed E-state index contributed by atoms with van der Waals surface area (Å²) in [6, 6.07) is 23.9. The minimum atomic E-state index is 0. The zero-order valence-electron chi connectivity index (χ0n) is 17.5. The van der Waals surface area contributed by atoms with Crippen LogP contribution in [0.1, 0.15) is 36.4 Å². The first kappa shape index (κ1) is 26.4. The fraction of sp³-hybridized carbons (Fsp3) is 0.0870. The van der Waals surface area contributed by atoms with E-state index in [9.17, 15) is 0 Å². The molecule has 0 aliphatic rings. The van der Waals surface area contributed by atoms with Crippen molar-refractivity contribution in [2.24, 2.45) is 20.4 Å². The third-order valence-corrected chi connectivity index (χ3v) is 4.18. The van der Waals surface area contributed by atoms with Crippen molar-refractivity contribution in [2.45, 2.75) is 13.8 Å². The number of hydrogen-bond acceptors (Lipinski definition) is 6. The summed E-state index contributed by atoms with van der Waals surface area (Å²) in [5.41, 5.74) is 3.82. The monoisotopic (exact) mass is 481 g/mol. The minimum absolute atomic E-state index is 0. The molecule has 0 saturated heterocycles. The molecule has 0 saturated carbocycles. The Morgan fingerprint density at radius 3 is 1.34 bits per heavy atom. The van der Waals surface area contributed by atoms with Crippen LogP contribution < -0.4 is 0 Å². The van der Waals surface area contributed by atoms with Gasteiger partial charge in [-0.1, -0.05) is 52.7 Å². The molecule has 1 aromatic heterocycles. The van der Waals surface area contributed by atoms with E-state index in [0.717, 1.165) is 0 Å². The van der Waals surface area contributed by atoms with Gasteiger partial charge >= 0.3 is 28.9 Å². The van der Waals surface area contributed by atoms with Crippen LogP contribution in [0.2, 0.25) is 0 Å². The van der Waals surface area contributed by atoms with Crippen molar-refractivity contribution in [3.8, 4) is 0 Å². The maximum absolute atomic E-state index is 8.02.